The minimum Gasteiger partial charge on any atom is -0.273 e. The summed E-state index contributed by atoms with van der Waals surface area (Å²) in [7, 11) is -3.39. The molecule has 3 aliphatic rings. The zero-order valence-corrected chi connectivity index (χ0v) is 12.0. The molecule has 0 bridgehead atoms. The van der Waals surface area contributed by atoms with Crippen LogP contribution in [0.1, 0.15) is 12.8 Å². The molecule has 0 atom stereocenters. The lowest BCUT2D eigenvalue weighted by atomic mass is 10.1. The third-order valence-corrected chi connectivity index (χ3v) is 6.50. The van der Waals surface area contributed by atoms with E-state index in [9.17, 15) is 18.0 Å². The fraction of sp³-hybridized carbons (Fsp3) is 0.800. The van der Waals surface area contributed by atoms with Gasteiger partial charge in [0.2, 0.25) is 5.91 Å². The van der Waals surface area contributed by atoms with Gasteiger partial charge in [-0.25, -0.2) is 0 Å². The molecule has 19 heavy (non-hydrogen) atoms. The van der Waals surface area contributed by atoms with Gasteiger partial charge in [0.1, 0.15) is 0 Å². The largest absolute Gasteiger partial charge is 0.289 e. The van der Waals surface area contributed by atoms with Gasteiger partial charge in [-0.2, -0.15) is 17.0 Å². The molecule has 0 aromatic carbocycles. The zero-order chi connectivity index (χ0) is 13.6. The molecule has 0 spiro atoms. The van der Waals surface area contributed by atoms with Crippen LogP contribution in [-0.2, 0) is 15.0 Å². The van der Waals surface area contributed by atoms with E-state index in [1.165, 1.54) is 13.5 Å². The van der Waals surface area contributed by atoms with E-state index in [-0.39, 0.29) is 36.0 Å². The minimum atomic E-state index is -3.39. The monoisotopic (exact) mass is 305 g/mol. The highest BCUT2D eigenvalue weighted by atomic mass is 32.2. The van der Waals surface area contributed by atoms with Crippen LogP contribution >= 0.6 is 11.8 Å². The standard InChI is InChI=1S/C10H15N3O4S2/c14-9-7-18-10(15)13(9)8-5-12(6-8)19(16,17)11-3-1-2-4-11/h8H,1-7H2. The Morgan fingerprint density at radius 3 is 2.21 bits per heavy atom. The number of nitrogens with zero attached hydrogens (tertiary/aromatic N) is 3. The van der Waals surface area contributed by atoms with E-state index in [2.05, 4.69) is 0 Å². The van der Waals surface area contributed by atoms with Gasteiger partial charge in [-0.15, -0.1) is 0 Å². The van der Waals surface area contributed by atoms with Crippen molar-refractivity contribution in [1.29, 1.82) is 0 Å². The van der Waals surface area contributed by atoms with Crippen molar-refractivity contribution in [3.8, 4) is 0 Å². The molecule has 0 N–H and O–H groups in total. The second kappa shape index (κ2) is 4.72. The Balaban J connectivity index is 1.63. The van der Waals surface area contributed by atoms with Crippen LogP contribution in [0, 0.1) is 0 Å². The van der Waals surface area contributed by atoms with Gasteiger partial charge in [-0.3, -0.25) is 14.5 Å². The average Bonchev–Trinajstić information content (AvgIpc) is 2.91. The lowest BCUT2D eigenvalue weighted by Gasteiger charge is -2.42. The summed E-state index contributed by atoms with van der Waals surface area (Å²) in [6, 6.07) is -0.285. The van der Waals surface area contributed by atoms with Crippen LogP contribution in [0.5, 0.6) is 0 Å². The molecule has 0 aromatic heterocycles. The second-order valence-corrected chi connectivity index (χ2v) is 7.76. The number of hydrogen-bond donors (Lipinski definition) is 0. The number of amides is 2. The maximum absolute atomic E-state index is 12.2. The topological polar surface area (TPSA) is 78.0 Å². The molecule has 0 aromatic rings. The summed E-state index contributed by atoms with van der Waals surface area (Å²) in [5.41, 5.74) is 0. The predicted molar refractivity (Wildman–Crippen MR) is 69.8 cm³/mol. The molecule has 2 amide bonds. The Morgan fingerprint density at radius 1 is 1.05 bits per heavy atom. The van der Waals surface area contributed by atoms with Crippen molar-refractivity contribution in [2.75, 3.05) is 31.9 Å². The quantitative estimate of drug-likeness (QED) is 0.716. The van der Waals surface area contributed by atoms with Crippen LogP contribution in [0.4, 0.5) is 4.79 Å². The van der Waals surface area contributed by atoms with Crippen molar-refractivity contribution < 1.29 is 18.0 Å². The van der Waals surface area contributed by atoms with E-state index >= 15 is 0 Å². The molecule has 3 fully saturated rings. The molecule has 0 saturated carbocycles. The highest BCUT2D eigenvalue weighted by Crippen LogP contribution is 2.29. The second-order valence-electron chi connectivity index (χ2n) is 4.90. The van der Waals surface area contributed by atoms with Crippen molar-refractivity contribution in [1.82, 2.24) is 13.5 Å². The number of carbonyl (C=O) groups is 2. The molecular weight excluding hydrogens is 290 g/mol. The Hall–Kier alpha value is -0.640. The van der Waals surface area contributed by atoms with Gasteiger partial charge in [0.05, 0.1) is 11.8 Å². The van der Waals surface area contributed by atoms with E-state index in [0.717, 1.165) is 24.6 Å². The van der Waals surface area contributed by atoms with Crippen molar-refractivity contribution in [2.24, 2.45) is 0 Å². The fourth-order valence-electron chi connectivity index (χ4n) is 2.57. The van der Waals surface area contributed by atoms with Crippen LogP contribution in [0.15, 0.2) is 0 Å². The minimum absolute atomic E-state index is 0.175. The lowest BCUT2D eigenvalue weighted by Crippen LogP contribution is -2.64. The molecule has 0 unspecified atom stereocenters. The predicted octanol–water partition coefficient (Wildman–Crippen LogP) is -0.293. The van der Waals surface area contributed by atoms with Crippen molar-refractivity contribution in [3.05, 3.63) is 0 Å². The molecule has 7 nitrogen and oxygen atoms in total. The Labute approximate surface area is 116 Å². The third kappa shape index (κ3) is 2.18. The first-order valence-corrected chi connectivity index (χ1v) is 8.62. The van der Waals surface area contributed by atoms with Gasteiger partial charge in [0.15, 0.2) is 0 Å². The van der Waals surface area contributed by atoms with Crippen LogP contribution < -0.4 is 0 Å². The Morgan fingerprint density at radius 2 is 1.68 bits per heavy atom. The van der Waals surface area contributed by atoms with E-state index in [1.807, 2.05) is 0 Å². The van der Waals surface area contributed by atoms with Gasteiger partial charge >= 0.3 is 0 Å². The van der Waals surface area contributed by atoms with Crippen LogP contribution in [-0.4, -0.2) is 71.0 Å². The van der Waals surface area contributed by atoms with Gasteiger partial charge in [0.25, 0.3) is 15.4 Å². The summed E-state index contributed by atoms with van der Waals surface area (Å²) in [5, 5.41) is -0.256. The van der Waals surface area contributed by atoms with E-state index in [0.29, 0.717) is 13.1 Å². The third-order valence-electron chi connectivity index (χ3n) is 3.70. The molecular formula is C10H15N3O4S2. The Bertz CT molecular complexity index is 493. The smallest absolute Gasteiger partial charge is 0.273 e. The van der Waals surface area contributed by atoms with Crippen molar-refractivity contribution >= 4 is 33.1 Å². The number of thioether (sulfide) groups is 1. The molecule has 3 rings (SSSR count). The summed E-state index contributed by atoms with van der Waals surface area (Å²) in [5.74, 6) is -0.0352. The normalized spacial score (nSPS) is 27.3. The zero-order valence-electron chi connectivity index (χ0n) is 10.3. The van der Waals surface area contributed by atoms with Crippen LogP contribution in [0.2, 0.25) is 0 Å². The fourth-order valence-corrected chi connectivity index (χ4v) is 5.11. The first-order valence-electron chi connectivity index (χ1n) is 6.24. The number of rotatable bonds is 3. The van der Waals surface area contributed by atoms with Gasteiger partial charge in [-0.05, 0) is 12.8 Å². The highest BCUT2D eigenvalue weighted by molar-refractivity contribution is 8.14. The number of carbonyl (C=O) groups excluding carboxylic acids is 2. The highest BCUT2D eigenvalue weighted by Gasteiger charge is 2.47. The van der Waals surface area contributed by atoms with Crippen LogP contribution in [0.3, 0.4) is 0 Å². The van der Waals surface area contributed by atoms with Crippen molar-refractivity contribution in [3.63, 3.8) is 0 Å². The average molecular weight is 305 g/mol. The maximum atomic E-state index is 12.2. The maximum Gasteiger partial charge on any atom is 0.289 e. The van der Waals surface area contributed by atoms with E-state index in [4.69, 9.17) is 0 Å². The summed E-state index contributed by atoms with van der Waals surface area (Å²) in [6.45, 7) is 1.61. The lowest BCUT2D eigenvalue weighted by molar-refractivity contribution is -0.127. The van der Waals surface area contributed by atoms with Gasteiger partial charge in [-0.1, -0.05) is 11.8 Å². The first kappa shape index (κ1) is 13.3. The number of imide groups is 1. The number of hydrogen-bond acceptors (Lipinski definition) is 5. The molecule has 0 aliphatic carbocycles. The van der Waals surface area contributed by atoms with Gasteiger partial charge in [0, 0.05) is 26.2 Å². The molecule has 106 valence electrons. The Kier molecular flexibility index (Phi) is 3.32. The van der Waals surface area contributed by atoms with E-state index < -0.39 is 10.2 Å². The summed E-state index contributed by atoms with van der Waals surface area (Å²) in [6.07, 6.45) is 1.80. The molecule has 9 heteroatoms. The first-order chi connectivity index (χ1) is 9.00. The summed E-state index contributed by atoms with van der Waals surface area (Å²) < 4.78 is 27.2. The van der Waals surface area contributed by atoms with Crippen LogP contribution in [0.25, 0.3) is 0 Å². The van der Waals surface area contributed by atoms with Crippen molar-refractivity contribution in [2.45, 2.75) is 18.9 Å². The SMILES string of the molecule is O=C1CSC(=O)N1C1CN(S(=O)(=O)N2CCCC2)C1. The van der Waals surface area contributed by atoms with Gasteiger partial charge < -0.3 is 0 Å². The molecule has 3 aliphatic heterocycles. The summed E-state index contributed by atoms with van der Waals surface area (Å²) in [4.78, 5) is 24.3. The molecule has 3 heterocycles. The summed E-state index contributed by atoms with van der Waals surface area (Å²) >= 11 is 0.984. The molecule has 0 radical (unpaired) electrons. The molecule has 3 saturated heterocycles. The van der Waals surface area contributed by atoms with E-state index in [1.54, 1.807) is 0 Å².